The molecule has 5 fully saturated rings. The Labute approximate surface area is 119 Å². The summed E-state index contributed by atoms with van der Waals surface area (Å²) in [5.41, 5.74) is -0.549. The van der Waals surface area contributed by atoms with E-state index in [4.69, 9.17) is 19.2 Å². The zero-order valence-corrected chi connectivity index (χ0v) is 12.4. The normalized spacial score (nSPS) is 61.8. The molecule has 20 heavy (non-hydrogen) atoms. The van der Waals surface area contributed by atoms with Crippen molar-refractivity contribution in [1.29, 1.82) is 0 Å². The van der Waals surface area contributed by atoms with Crippen LogP contribution in [0.1, 0.15) is 40.0 Å². The molecule has 114 valence electrons. The molecule has 1 saturated carbocycles. The molecule has 1 spiro atoms. The van der Waals surface area contributed by atoms with E-state index < -0.39 is 11.4 Å². The monoisotopic (exact) mass is 284 g/mol. The van der Waals surface area contributed by atoms with Gasteiger partial charge in [-0.15, -0.1) is 0 Å². The van der Waals surface area contributed by atoms with E-state index in [0.29, 0.717) is 12.5 Å². The Morgan fingerprint density at radius 2 is 1.95 bits per heavy atom. The summed E-state index contributed by atoms with van der Waals surface area (Å²) < 4.78 is 12.1. The van der Waals surface area contributed by atoms with Crippen molar-refractivity contribution in [2.24, 2.45) is 23.7 Å². The van der Waals surface area contributed by atoms with Crippen molar-refractivity contribution in [2.45, 2.75) is 63.8 Å². The summed E-state index contributed by atoms with van der Waals surface area (Å²) in [6.45, 7) is 6.84. The molecule has 1 aliphatic carbocycles. The first-order valence-corrected chi connectivity index (χ1v) is 7.80. The lowest BCUT2D eigenvalue weighted by Crippen LogP contribution is -2.70. The lowest BCUT2D eigenvalue weighted by atomic mass is 9.57. The summed E-state index contributed by atoms with van der Waals surface area (Å²) in [7, 11) is 0. The highest BCUT2D eigenvalue weighted by Crippen LogP contribution is 2.59. The van der Waals surface area contributed by atoms with Gasteiger partial charge in [-0.1, -0.05) is 13.8 Å². The fourth-order valence-corrected chi connectivity index (χ4v) is 4.83. The van der Waals surface area contributed by atoms with Crippen molar-refractivity contribution in [3.63, 3.8) is 0 Å². The number of aliphatic hydroxyl groups excluding tert-OH is 1. The van der Waals surface area contributed by atoms with E-state index in [1.807, 2.05) is 6.92 Å². The summed E-state index contributed by atoms with van der Waals surface area (Å²) in [6, 6.07) is 0. The fraction of sp³-hybridized carbons (Fsp3) is 1.00. The van der Waals surface area contributed by atoms with Crippen LogP contribution in [-0.4, -0.2) is 35.5 Å². The van der Waals surface area contributed by atoms with Crippen molar-refractivity contribution in [3.8, 4) is 0 Å². The minimum Gasteiger partial charge on any atom is -0.393 e. The van der Waals surface area contributed by atoms with Crippen LogP contribution in [0.3, 0.4) is 0 Å². The highest BCUT2D eigenvalue weighted by molar-refractivity contribution is 5.10. The topological polar surface area (TPSA) is 57.2 Å². The van der Waals surface area contributed by atoms with E-state index >= 15 is 0 Å². The summed E-state index contributed by atoms with van der Waals surface area (Å²) in [5.74, 6) is 0.234. The molecule has 0 aromatic rings. The van der Waals surface area contributed by atoms with Crippen molar-refractivity contribution in [1.82, 2.24) is 0 Å². The maximum atomic E-state index is 10.4. The SMILES string of the molecule is C[C@@H]1[C@@H](O)C[C@H]2[C@@H](C)CO[C@@H]3OC4(C)CC[C@@H]1[C@]32OO4. The molecule has 5 heteroatoms. The first-order chi connectivity index (χ1) is 9.46. The number of hydrogen-bond donors (Lipinski definition) is 1. The van der Waals surface area contributed by atoms with Crippen LogP contribution in [-0.2, 0) is 19.2 Å². The molecule has 5 aliphatic rings. The van der Waals surface area contributed by atoms with Crippen LogP contribution in [0.15, 0.2) is 0 Å². The van der Waals surface area contributed by atoms with Gasteiger partial charge in [0.05, 0.1) is 12.7 Å². The van der Waals surface area contributed by atoms with E-state index in [1.54, 1.807) is 0 Å². The molecule has 4 saturated heterocycles. The lowest BCUT2D eigenvalue weighted by molar-refractivity contribution is -0.568. The maximum absolute atomic E-state index is 10.4. The van der Waals surface area contributed by atoms with Gasteiger partial charge in [0.2, 0.25) is 5.79 Å². The molecule has 1 N–H and O–H groups in total. The van der Waals surface area contributed by atoms with Gasteiger partial charge in [0.1, 0.15) is 0 Å². The van der Waals surface area contributed by atoms with Crippen LogP contribution in [0.25, 0.3) is 0 Å². The number of ether oxygens (including phenoxy) is 2. The van der Waals surface area contributed by atoms with Crippen molar-refractivity contribution in [2.75, 3.05) is 6.61 Å². The molecular formula is C15H24O5. The number of hydrogen-bond acceptors (Lipinski definition) is 5. The van der Waals surface area contributed by atoms with Crippen molar-refractivity contribution in [3.05, 3.63) is 0 Å². The van der Waals surface area contributed by atoms with Gasteiger partial charge in [-0.3, -0.25) is 0 Å². The van der Waals surface area contributed by atoms with Gasteiger partial charge in [0.25, 0.3) is 0 Å². The maximum Gasteiger partial charge on any atom is 0.201 e. The minimum absolute atomic E-state index is 0.176. The van der Waals surface area contributed by atoms with Crippen molar-refractivity contribution < 1.29 is 24.4 Å². The second-order valence-electron chi connectivity index (χ2n) is 7.33. The molecule has 5 rings (SSSR count). The lowest BCUT2D eigenvalue weighted by Gasteiger charge is -2.59. The fourth-order valence-electron chi connectivity index (χ4n) is 4.83. The molecule has 2 bridgehead atoms. The Kier molecular flexibility index (Phi) is 2.81. The average Bonchev–Trinajstić information content (AvgIpc) is 2.64. The summed E-state index contributed by atoms with van der Waals surface area (Å²) in [5, 5.41) is 10.4. The zero-order chi connectivity index (χ0) is 14.1. The van der Waals surface area contributed by atoms with Crippen LogP contribution < -0.4 is 0 Å². The molecule has 0 aromatic heterocycles. The smallest absolute Gasteiger partial charge is 0.201 e. The van der Waals surface area contributed by atoms with Gasteiger partial charge < -0.3 is 14.6 Å². The molecule has 8 atom stereocenters. The molecule has 4 aliphatic heterocycles. The van der Waals surface area contributed by atoms with Gasteiger partial charge in [-0.25, -0.2) is 9.78 Å². The zero-order valence-electron chi connectivity index (χ0n) is 12.4. The Bertz CT molecular complexity index is 411. The number of fused-ring (bicyclic) bond motifs is 2. The van der Waals surface area contributed by atoms with Gasteiger partial charge >= 0.3 is 0 Å². The Balaban J connectivity index is 1.82. The summed E-state index contributed by atoms with van der Waals surface area (Å²) >= 11 is 0. The highest BCUT2D eigenvalue weighted by Gasteiger charge is 2.69. The molecule has 4 heterocycles. The molecule has 0 aromatic carbocycles. The predicted octanol–water partition coefficient (Wildman–Crippen LogP) is 1.84. The summed E-state index contributed by atoms with van der Waals surface area (Å²) in [6.07, 6.45) is 1.81. The molecule has 0 amide bonds. The van der Waals surface area contributed by atoms with E-state index in [2.05, 4.69) is 13.8 Å². The van der Waals surface area contributed by atoms with Crippen LogP contribution in [0, 0.1) is 23.7 Å². The third kappa shape index (κ3) is 1.56. The number of rotatable bonds is 0. The van der Waals surface area contributed by atoms with Gasteiger partial charge in [-0.2, -0.15) is 0 Å². The standard InChI is InChI=1S/C15H24O5/c1-8-7-17-13-15-10(9(2)12(16)6-11(8)15)4-5-14(3,18-13)19-20-15/h8-13,16H,4-7H2,1-3H3/t8-,9-,10-,11-,12-,13+,14?,15+/m0/s1. The van der Waals surface area contributed by atoms with Gasteiger partial charge in [0.15, 0.2) is 11.9 Å². The van der Waals surface area contributed by atoms with Crippen LogP contribution in [0.5, 0.6) is 0 Å². The molecule has 0 radical (unpaired) electrons. The van der Waals surface area contributed by atoms with Crippen LogP contribution in [0.4, 0.5) is 0 Å². The van der Waals surface area contributed by atoms with Gasteiger partial charge in [0, 0.05) is 18.3 Å². The van der Waals surface area contributed by atoms with Crippen LogP contribution in [0.2, 0.25) is 0 Å². The third-order valence-electron chi connectivity index (χ3n) is 6.09. The second kappa shape index (κ2) is 4.17. The first kappa shape index (κ1) is 13.5. The Morgan fingerprint density at radius 3 is 2.75 bits per heavy atom. The largest absolute Gasteiger partial charge is 0.393 e. The van der Waals surface area contributed by atoms with Crippen LogP contribution >= 0.6 is 0 Å². The predicted molar refractivity (Wildman–Crippen MR) is 69.3 cm³/mol. The molecular weight excluding hydrogens is 260 g/mol. The van der Waals surface area contributed by atoms with E-state index in [1.165, 1.54) is 0 Å². The summed E-state index contributed by atoms with van der Waals surface area (Å²) in [4.78, 5) is 11.6. The second-order valence-corrected chi connectivity index (χ2v) is 7.33. The average molecular weight is 284 g/mol. The Hall–Kier alpha value is -0.200. The van der Waals surface area contributed by atoms with E-state index in [-0.39, 0.29) is 30.1 Å². The third-order valence-corrected chi connectivity index (χ3v) is 6.09. The van der Waals surface area contributed by atoms with Crippen molar-refractivity contribution >= 4 is 0 Å². The van der Waals surface area contributed by atoms with Gasteiger partial charge in [-0.05, 0) is 31.6 Å². The molecule has 1 unspecified atom stereocenters. The number of aliphatic hydroxyl groups is 1. The molecule has 5 nitrogen and oxygen atoms in total. The minimum atomic E-state index is -0.719. The van der Waals surface area contributed by atoms with E-state index in [9.17, 15) is 5.11 Å². The quantitative estimate of drug-likeness (QED) is 0.688. The highest BCUT2D eigenvalue weighted by atomic mass is 17.3. The first-order valence-electron chi connectivity index (χ1n) is 7.80. The Morgan fingerprint density at radius 1 is 1.15 bits per heavy atom. The van der Waals surface area contributed by atoms with E-state index in [0.717, 1.165) is 19.3 Å².